The Kier molecular flexibility index (Phi) is 39.1. The molecule has 5 nitrogen and oxygen atoms in total. The second-order valence-electron chi connectivity index (χ2n) is 13.7. The van der Waals surface area contributed by atoms with Crippen LogP contribution in [-0.4, -0.2) is 36.4 Å². The number of esters is 2. The molecule has 0 aromatic carbocycles. The first-order valence-corrected chi connectivity index (χ1v) is 20.8. The summed E-state index contributed by atoms with van der Waals surface area (Å²) in [5, 5.41) is 9.57. The third-order valence-corrected chi connectivity index (χ3v) is 8.78. The van der Waals surface area contributed by atoms with E-state index < -0.39 is 6.10 Å². The first kappa shape index (κ1) is 47.6. The van der Waals surface area contributed by atoms with E-state index in [9.17, 15) is 14.7 Å². The standard InChI is InChI=1S/C45H78O5/c1-3-5-7-9-11-13-15-17-19-21-22-24-25-27-29-31-33-35-37-39-44(47)49-42-43(41-46)50-45(48)40-38-36-34-32-30-28-26-23-20-18-16-14-12-10-8-6-4-2/h11-14,17-20,26,28,43,46H,3-10,15-16,21-25,27,29-42H2,1-2H3. The second kappa shape index (κ2) is 41.0. The van der Waals surface area contributed by atoms with E-state index in [2.05, 4.69) is 74.6 Å². The second-order valence-corrected chi connectivity index (χ2v) is 13.7. The lowest BCUT2D eigenvalue weighted by Crippen LogP contribution is -2.28. The molecule has 0 aliphatic carbocycles. The van der Waals surface area contributed by atoms with E-state index in [1.54, 1.807) is 0 Å². The Bertz CT molecular complexity index is 884. The first-order chi connectivity index (χ1) is 24.6. The first-order valence-electron chi connectivity index (χ1n) is 20.8. The number of carbonyl (C=O) groups excluding carboxylic acids is 2. The van der Waals surface area contributed by atoms with Gasteiger partial charge in [-0.1, -0.05) is 158 Å². The molecule has 0 saturated heterocycles. The van der Waals surface area contributed by atoms with Crippen molar-refractivity contribution in [3.63, 3.8) is 0 Å². The SMILES string of the molecule is CCCCCC=CCC=CCC=CCCCCCCC(=O)OC(CO)COC(=O)CCCCCCCCCCCC=CCC=CCCCCC. The highest BCUT2D eigenvalue weighted by Crippen LogP contribution is 2.13. The topological polar surface area (TPSA) is 72.8 Å². The Labute approximate surface area is 309 Å². The largest absolute Gasteiger partial charge is 0.462 e. The third-order valence-electron chi connectivity index (χ3n) is 8.78. The Balaban J connectivity index is 3.60. The van der Waals surface area contributed by atoms with Gasteiger partial charge in [0.2, 0.25) is 0 Å². The van der Waals surface area contributed by atoms with Gasteiger partial charge in [-0.15, -0.1) is 0 Å². The molecule has 5 heteroatoms. The van der Waals surface area contributed by atoms with Crippen molar-refractivity contribution in [3.05, 3.63) is 60.8 Å². The lowest BCUT2D eigenvalue weighted by molar-refractivity contribution is -0.161. The molecule has 0 aliphatic rings. The molecule has 0 rings (SSSR count). The van der Waals surface area contributed by atoms with Crippen molar-refractivity contribution >= 4 is 11.9 Å². The minimum absolute atomic E-state index is 0.0791. The highest BCUT2D eigenvalue weighted by atomic mass is 16.6. The molecule has 1 N–H and O–H groups in total. The number of hydrogen-bond acceptors (Lipinski definition) is 5. The van der Waals surface area contributed by atoms with Gasteiger partial charge < -0.3 is 14.6 Å². The summed E-state index contributed by atoms with van der Waals surface area (Å²) in [7, 11) is 0. The van der Waals surface area contributed by atoms with Crippen molar-refractivity contribution in [3.8, 4) is 0 Å². The van der Waals surface area contributed by atoms with Crippen LogP contribution in [0.2, 0.25) is 0 Å². The van der Waals surface area contributed by atoms with E-state index in [1.165, 1.54) is 96.3 Å². The summed E-state index contributed by atoms with van der Waals surface area (Å²) in [6, 6.07) is 0. The van der Waals surface area contributed by atoms with Gasteiger partial charge in [0.1, 0.15) is 6.61 Å². The molecule has 288 valence electrons. The Hall–Kier alpha value is -2.40. The number of carbonyl (C=O) groups is 2. The lowest BCUT2D eigenvalue weighted by atomic mass is 10.1. The molecule has 0 aromatic rings. The predicted molar refractivity (Wildman–Crippen MR) is 214 cm³/mol. The zero-order valence-electron chi connectivity index (χ0n) is 32.6. The molecule has 0 heterocycles. The van der Waals surface area contributed by atoms with Crippen molar-refractivity contribution < 1.29 is 24.2 Å². The molecule has 1 unspecified atom stereocenters. The van der Waals surface area contributed by atoms with Crippen LogP contribution in [0.25, 0.3) is 0 Å². The van der Waals surface area contributed by atoms with Crippen LogP contribution < -0.4 is 0 Å². The highest BCUT2D eigenvalue weighted by Gasteiger charge is 2.16. The molecule has 0 aromatic heterocycles. The Morgan fingerprint density at radius 2 is 0.800 bits per heavy atom. The van der Waals surface area contributed by atoms with E-state index in [-0.39, 0.29) is 25.2 Å². The Morgan fingerprint density at radius 1 is 0.460 bits per heavy atom. The van der Waals surface area contributed by atoms with Gasteiger partial charge in [0.15, 0.2) is 6.10 Å². The summed E-state index contributed by atoms with van der Waals surface area (Å²) in [6.45, 7) is 4.06. The fourth-order valence-electron chi connectivity index (χ4n) is 5.59. The lowest BCUT2D eigenvalue weighted by Gasteiger charge is -2.15. The smallest absolute Gasteiger partial charge is 0.306 e. The van der Waals surface area contributed by atoms with Gasteiger partial charge in [-0.05, 0) is 83.5 Å². The molecule has 0 amide bonds. The van der Waals surface area contributed by atoms with Crippen LogP contribution in [0, 0.1) is 0 Å². The molecular formula is C45H78O5. The maximum Gasteiger partial charge on any atom is 0.306 e. The maximum atomic E-state index is 12.2. The summed E-state index contributed by atoms with van der Waals surface area (Å²) in [4.78, 5) is 24.3. The fourth-order valence-corrected chi connectivity index (χ4v) is 5.59. The van der Waals surface area contributed by atoms with Gasteiger partial charge in [-0.3, -0.25) is 9.59 Å². The molecule has 0 fully saturated rings. The molecule has 0 bridgehead atoms. The summed E-state index contributed by atoms with van der Waals surface area (Å²) in [6.07, 6.45) is 52.8. The van der Waals surface area contributed by atoms with Gasteiger partial charge in [-0.25, -0.2) is 0 Å². The highest BCUT2D eigenvalue weighted by molar-refractivity contribution is 5.70. The van der Waals surface area contributed by atoms with Crippen molar-refractivity contribution in [1.82, 2.24) is 0 Å². The van der Waals surface area contributed by atoms with Crippen LogP contribution >= 0.6 is 0 Å². The number of rotatable bonds is 37. The van der Waals surface area contributed by atoms with Crippen LogP contribution in [0.4, 0.5) is 0 Å². The predicted octanol–water partition coefficient (Wildman–Crippen LogP) is 13.2. The minimum Gasteiger partial charge on any atom is -0.462 e. The summed E-state index contributed by atoms with van der Waals surface area (Å²) in [5.41, 5.74) is 0. The van der Waals surface area contributed by atoms with Crippen molar-refractivity contribution in [2.45, 2.75) is 200 Å². The molecule has 50 heavy (non-hydrogen) atoms. The molecule has 0 radical (unpaired) electrons. The minimum atomic E-state index is -0.786. The van der Waals surface area contributed by atoms with Crippen LogP contribution in [0.1, 0.15) is 194 Å². The van der Waals surface area contributed by atoms with E-state index in [1.807, 2.05) is 0 Å². The summed E-state index contributed by atoms with van der Waals surface area (Å²) < 4.78 is 10.6. The molecule has 0 spiro atoms. The normalized spacial score (nSPS) is 12.8. The zero-order chi connectivity index (χ0) is 36.4. The quantitative estimate of drug-likeness (QED) is 0.0397. The number of allylic oxidation sites excluding steroid dienone is 10. The fraction of sp³-hybridized carbons (Fsp3) is 0.733. The number of aliphatic hydroxyl groups is 1. The third kappa shape index (κ3) is 38.4. The number of unbranched alkanes of at least 4 members (excludes halogenated alkanes) is 19. The number of aliphatic hydroxyl groups excluding tert-OH is 1. The molecule has 0 saturated carbocycles. The van der Waals surface area contributed by atoms with E-state index in [4.69, 9.17) is 9.47 Å². The van der Waals surface area contributed by atoms with Gasteiger partial charge >= 0.3 is 11.9 Å². The van der Waals surface area contributed by atoms with Crippen LogP contribution in [0.3, 0.4) is 0 Å². The monoisotopic (exact) mass is 699 g/mol. The molecular weight excluding hydrogens is 620 g/mol. The van der Waals surface area contributed by atoms with E-state index in [0.29, 0.717) is 12.8 Å². The number of ether oxygens (including phenoxy) is 2. The van der Waals surface area contributed by atoms with E-state index in [0.717, 1.165) is 70.6 Å². The zero-order valence-corrected chi connectivity index (χ0v) is 32.6. The Morgan fingerprint density at radius 3 is 1.20 bits per heavy atom. The summed E-state index contributed by atoms with van der Waals surface area (Å²) in [5.74, 6) is -0.622. The summed E-state index contributed by atoms with van der Waals surface area (Å²) >= 11 is 0. The number of hydrogen-bond donors (Lipinski definition) is 1. The van der Waals surface area contributed by atoms with Gasteiger partial charge in [0.05, 0.1) is 6.61 Å². The maximum absolute atomic E-state index is 12.2. The van der Waals surface area contributed by atoms with E-state index >= 15 is 0 Å². The van der Waals surface area contributed by atoms with Crippen molar-refractivity contribution in [1.29, 1.82) is 0 Å². The molecule has 1 atom stereocenters. The van der Waals surface area contributed by atoms with Crippen LogP contribution in [-0.2, 0) is 19.1 Å². The average molecular weight is 699 g/mol. The van der Waals surface area contributed by atoms with Crippen LogP contribution in [0.15, 0.2) is 60.8 Å². The average Bonchev–Trinajstić information content (AvgIpc) is 3.12. The van der Waals surface area contributed by atoms with Crippen molar-refractivity contribution in [2.75, 3.05) is 13.2 Å². The van der Waals surface area contributed by atoms with Crippen LogP contribution in [0.5, 0.6) is 0 Å². The van der Waals surface area contributed by atoms with Gasteiger partial charge in [0, 0.05) is 12.8 Å². The van der Waals surface area contributed by atoms with Gasteiger partial charge in [0.25, 0.3) is 0 Å². The van der Waals surface area contributed by atoms with Gasteiger partial charge in [-0.2, -0.15) is 0 Å². The van der Waals surface area contributed by atoms with Crippen molar-refractivity contribution in [2.24, 2.45) is 0 Å². The molecule has 0 aliphatic heterocycles.